The molecular formula is C14H14BrNO2S. The van der Waals surface area contributed by atoms with Crippen LogP contribution >= 0.6 is 27.3 Å². The summed E-state index contributed by atoms with van der Waals surface area (Å²) < 4.78 is 6.47. The molecule has 0 spiro atoms. The molecule has 0 aliphatic carbocycles. The van der Waals surface area contributed by atoms with Crippen LogP contribution in [0, 0.1) is 0 Å². The second-order valence-corrected chi connectivity index (χ2v) is 5.88. The average Bonchev–Trinajstić information content (AvgIpc) is 2.85. The lowest BCUT2D eigenvalue weighted by atomic mass is 10.2. The highest BCUT2D eigenvalue weighted by atomic mass is 79.9. The minimum atomic E-state index is 0.444. The van der Waals surface area contributed by atoms with Crippen LogP contribution in [-0.4, -0.2) is 11.3 Å². The van der Waals surface area contributed by atoms with Gasteiger partial charge in [0.1, 0.15) is 18.6 Å². The summed E-state index contributed by atoms with van der Waals surface area (Å²) in [6.45, 7) is 2.59. The maximum atomic E-state index is 10.6. The third-order valence-corrected chi connectivity index (χ3v) is 4.11. The lowest BCUT2D eigenvalue weighted by molar-refractivity contribution is 0.112. The Balaban J connectivity index is 1.99. The summed E-state index contributed by atoms with van der Waals surface area (Å²) in [5.41, 5.74) is 1.57. The van der Waals surface area contributed by atoms with Crippen LogP contribution < -0.4 is 4.74 Å². The van der Waals surface area contributed by atoms with Crippen molar-refractivity contribution in [3.8, 4) is 5.75 Å². The first-order valence-electron chi connectivity index (χ1n) is 6.03. The molecule has 0 unspecified atom stereocenters. The third-order valence-electron chi connectivity index (χ3n) is 2.53. The SMILES string of the molecule is CCCc1nc(COc2ccc(C=O)cc2Br)cs1. The Hall–Kier alpha value is -1.20. The highest BCUT2D eigenvalue weighted by molar-refractivity contribution is 9.10. The van der Waals surface area contributed by atoms with Gasteiger partial charge in [0.05, 0.1) is 15.2 Å². The molecule has 19 heavy (non-hydrogen) atoms. The van der Waals surface area contributed by atoms with Gasteiger partial charge in [-0.3, -0.25) is 4.79 Å². The first-order valence-corrected chi connectivity index (χ1v) is 7.71. The monoisotopic (exact) mass is 339 g/mol. The summed E-state index contributed by atoms with van der Waals surface area (Å²) in [5.74, 6) is 0.718. The summed E-state index contributed by atoms with van der Waals surface area (Å²) in [5, 5.41) is 3.18. The van der Waals surface area contributed by atoms with E-state index in [4.69, 9.17) is 4.74 Å². The van der Waals surface area contributed by atoms with E-state index >= 15 is 0 Å². The number of carbonyl (C=O) groups is 1. The quantitative estimate of drug-likeness (QED) is 0.738. The van der Waals surface area contributed by atoms with Gasteiger partial charge in [-0.25, -0.2) is 4.98 Å². The average molecular weight is 340 g/mol. The van der Waals surface area contributed by atoms with Crippen molar-refractivity contribution in [1.29, 1.82) is 0 Å². The van der Waals surface area contributed by atoms with Crippen LogP contribution in [0.1, 0.15) is 34.4 Å². The van der Waals surface area contributed by atoms with E-state index in [-0.39, 0.29) is 0 Å². The number of hydrogen-bond donors (Lipinski definition) is 0. The van der Waals surface area contributed by atoms with Crippen molar-refractivity contribution >= 4 is 33.6 Å². The largest absolute Gasteiger partial charge is 0.486 e. The highest BCUT2D eigenvalue weighted by Gasteiger charge is 2.05. The fourth-order valence-electron chi connectivity index (χ4n) is 1.60. The minimum absolute atomic E-state index is 0.444. The summed E-state index contributed by atoms with van der Waals surface area (Å²) >= 11 is 5.06. The minimum Gasteiger partial charge on any atom is -0.486 e. The number of ether oxygens (including phenoxy) is 1. The van der Waals surface area contributed by atoms with Crippen LogP contribution in [0.15, 0.2) is 28.1 Å². The van der Waals surface area contributed by atoms with Crippen LogP contribution in [-0.2, 0) is 13.0 Å². The molecule has 100 valence electrons. The van der Waals surface area contributed by atoms with Gasteiger partial charge in [-0.05, 0) is 47.0 Å². The molecule has 0 N–H and O–H groups in total. The van der Waals surface area contributed by atoms with Gasteiger partial charge in [-0.15, -0.1) is 11.3 Å². The molecule has 0 amide bonds. The number of aldehydes is 1. The zero-order chi connectivity index (χ0) is 13.7. The predicted octanol–water partition coefficient (Wildman–Crippen LogP) is 4.25. The molecule has 2 rings (SSSR count). The van der Waals surface area contributed by atoms with E-state index in [0.717, 1.165) is 40.1 Å². The van der Waals surface area contributed by atoms with E-state index in [9.17, 15) is 4.79 Å². The maximum absolute atomic E-state index is 10.6. The van der Waals surface area contributed by atoms with Crippen molar-refractivity contribution in [3.05, 3.63) is 44.3 Å². The van der Waals surface area contributed by atoms with Gasteiger partial charge >= 0.3 is 0 Å². The molecule has 1 aromatic carbocycles. The molecular weight excluding hydrogens is 326 g/mol. The van der Waals surface area contributed by atoms with Gasteiger partial charge in [0, 0.05) is 10.9 Å². The molecule has 0 atom stereocenters. The summed E-state index contributed by atoms with van der Waals surface area (Å²) in [6.07, 6.45) is 2.93. The standard InChI is InChI=1S/C14H14BrNO2S/c1-2-3-14-16-11(9-19-14)8-18-13-5-4-10(7-17)6-12(13)15/h4-7,9H,2-3,8H2,1H3. The lowest BCUT2D eigenvalue weighted by Crippen LogP contribution is -1.97. The molecule has 0 aliphatic rings. The molecule has 1 aromatic heterocycles. The Morgan fingerprint density at radius 1 is 1.47 bits per heavy atom. The smallest absolute Gasteiger partial charge is 0.150 e. The molecule has 0 fully saturated rings. The lowest BCUT2D eigenvalue weighted by Gasteiger charge is -2.06. The number of hydrogen-bond acceptors (Lipinski definition) is 4. The van der Waals surface area contributed by atoms with Crippen molar-refractivity contribution in [2.24, 2.45) is 0 Å². The third kappa shape index (κ3) is 3.88. The zero-order valence-electron chi connectivity index (χ0n) is 10.6. The van der Waals surface area contributed by atoms with Gasteiger partial charge < -0.3 is 4.74 Å². The first kappa shape index (κ1) is 14.2. The predicted molar refractivity (Wildman–Crippen MR) is 80.0 cm³/mol. The van der Waals surface area contributed by atoms with Crippen LogP contribution in [0.25, 0.3) is 0 Å². The second-order valence-electron chi connectivity index (χ2n) is 4.08. The van der Waals surface area contributed by atoms with Crippen molar-refractivity contribution in [3.63, 3.8) is 0 Å². The Bertz CT molecular complexity index is 568. The van der Waals surface area contributed by atoms with E-state index in [1.165, 1.54) is 0 Å². The normalized spacial score (nSPS) is 10.4. The molecule has 0 radical (unpaired) electrons. The zero-order valence-corrected chi connectivity index (χ0v) is 13.0. The Morgan fingerprint density at radius 3 is 3.00 bits per heavy atom. The maximum Gasteiger partial charge on any atom is 0.150 e. The number of thiazole rings is 1. The molecule has 0 bridgehead atoms. The molecule has 3 nitrogen and oxygen atoms in total. The molecule has 0 saturated heterocycles. The molecule has 0 aliphatic heterocycles. The van der Waals surface area contributed by atoms with Gasteiger partial charge in [0.15, 0.2) is 0 Å². The van der Waals surface area contributed by atoms with Gasteiger partial charge in [0.25, 0.3) is 0 Å². The number of benzene rings is 1. The van der Waals surface area contributed by atoms with E-state index in [1.807, 2.05) is 5.38 Å². The second kappa shape index (κ2) is 6.82. The fourth-order valence-corrected chi connectivity index (χ4v) is 3.00. The molecule has 1 heterocycles. The molecule has 5 heteroatoms. The van der Waals surface area contributed by atoms with Gasteiger partial charge in [-0.1, -0.05) is 6.92 Å². The Morgan fingerprint density at radius 2 is 2.32 bits per heavy atom. The van der Waals surface area contributed by atoms with Gasteiger partial charge in [-0.2, -0.15) is 0 Å². The van der Waals surface area contributed by atoms with Crippen LogP contribution in [0.4, 0.5) is 0 Å². The van der Waals surface area contributed by atoms with Gasteiger partial charge in [0.2, 0.25) is 0 Å². The van der Waals surface area contributed by atoms with Crippen molar-refractivity contribution in [1.82, 2.24) is 4.98 Å². The van der Waals surface area contributed by atoms with E-state index in [0.29, 0.717) is 12.2 Å². The number of halogens is 1. The number of rotatable bonds is 6. The van der Waals surface area contributed by atoms with E-state index < -0.39 is 0 Å². The summed E-state index contributed by atoms with van der Waals surface area (Å²) in [6, 6.07) is 5.26. The number of aryl methyl sites for hydroxylation is 1. The molecule has 2 aromatic rings. The Labute approximate surface area is 124 Å². The van der Waals surface area contributed by atoms with Crippen LogP contribution in [0.5, 0.6) is 5.75 Å². The molecule has 0 saturated carbocycles. The van der Waals surface area contributed by atoms with Crippen molar-refractivity contribution < 1.29 is 9.53 Å². The van der Waals surface area contributed by atoms with E-state index in [1.54, 1.807) is 29.5 Å². The van der Waals surface area contributed by atoms with Crippen molar-refractivity contribution in [2.75, 3.05) is 0 Å². The van der Waals surface area contributed by atoms with Crippen LogP contribution in [0.2, 0.25) is 0 Å². The van der Waals surface area contributed by atoms with E-state index in [2.05, 4.69) is 27.8 Å². The first-order chi connectivity index (χ1) is 9.22. The fraction of sp³-hybridized carbons (Fsp3) is 0.286. The van der Waals surface area contributed by atoms with Crippen LogP contribution in [0.3, 0.4) is 0 Å². The van der Waals surface area contributed by atoms with Crippen molar-refractivity contribution in [2.45, 2.75) is 26.4 Å². The summed E-state index contributed by atoms with van der Waals surface area (Å²) in [7, 11) is 0. The topological polar surface area (TPSA) is 39.2 Å². The number of carbonyl (C=O) groups excluding carboxylic acids is 1. The summed E-state index contributed by atoms with van der Waals surface area (Å²) in [4.78, 5) is 15.1. The number of aromatic nitrogens is 1. The Kier molecular flexibility index (Phi) is 5.10. The highest BCUT2D eigenvalue weighted by Crippen LogP contribution is 2.26. The number of nitrogens with zero attached hydrogens (tertiary/aromatic N) is 1.